The number of fused-ring (bicyclic) bond motifs is 1. The molecule has 2 aromatic carbocycles. The lowest BCUT2D eigenvalue weighted by atomic mass is 10.2. The van der Waals surface area contributed by atoms with Gasteiger partial charge in [0, 0.05) is 10.7 Å². The van der Waals surface area contributed by atoms with Crippen molar-refractivity contribution in [2.45, 2.75) is 6.10 Å². The van der Waals surface area contributed by atoms with Crippen molar-refractivity contribution in [3.63, 3.8) is 0 Å². The Bertz CT molecular complexity index is 749. The highest BCUT2D eigenvalue weighted by atomic mass is 35.5. The molecule has 2 aromatic rings. The second-order valence-corrected chi connectivity index (χ2v) is 5.57. The number of ether oxygens (including phenoxy) is 2. The topological polar surface area (TPSA) is 76.7 Å². The summed E-state index contributed by atoms with van der Waals surface area (Å²) in [6, 6.07) is 13.8. The maximum atomic E-state index is 12.1. The molecule has 1 atom stereocenters. The molecule has 0 saturated heterocycles. The normalized spacial score (nSPS) is 15.5. The number of amides is 2. The van der Waals surface area contributed by atoms with E-state index in [0.717, 1.165) is 0 Å². The fourth-order valence-corrected chi connectivity index (χ4v) is 2.29. The lowest BCUT2D eigenvalue weighted by molar-refractivity contribution is -0.131. The summed E-state index contributed by atoms with van der Waals surface area (Å²) < 4.78 is 11.0. The van der Waals surface area contributed by atoms with Crippen molar-refractivity contribution in [2.24, 2.45) is 0 Å². The number of nitrogens with one attached hydrogen (secondary N) is 2. The van der Waals surface area contributed by atoms with E-state index in [4.69, 9.17) is 21.1 Å². The van der Waals surface area contributed by atoms with Crippen LogP contribution in [0.5, 0.6) is 11.5 Å². The molecule has 0 unspecified atom stereocenters. The Morgan fingerprint density at radius 2 is 1.79 bits per heavy atom. The van der Waals surface area contributed by atoms with Gasteiger partial charge in [0.25, 0.3) is 5.91 Å². The van der Waals surface area contributed by atoms with Gasteiger partial charge in [0.1, 0.15) is 6.61 Å². The van der Waals surface area contributed by atoms with E-state index in [0.29, 0.717) is 22.2 Å². The number of anilines is 1. The van der Waals surface area contributed by atoms with Crippen LogP contribution in [-0.2, 0) is 9.59 Å². The first-order chi connectivity index (χ1) is 11.6. The van der Waals surface area contributed by atoms with Gasteiger partial charge >= 0.3 is 0 Å². The van der Waals surface area contributed by atoms with Crippen LogP contribution in [0.4, 0.5) is 5.69 Å². The van der Waals surface area contributed by atoms with Crippen LogP contribution in [0, 0.1) is 0 Å². The van der Waals surface area contributed by atoms with Crippen LogP contribution in [-0.4, -0.2) is 31.1 Å². The third kappa shape index (κ3) is 3.97. The Morgan fingerprint density at radius 1 is 1.08 bits per heavy atom. The van der Waals surface area contributed by atoms with Gasteiger partial charge in [-0.05, 0) is 36.4 Å². The zero-order chi connectivity index (χ0) is 16.9. The number of benzene rings is 2. The number of rotatable bonds is 4. The minimum Gasteiger partial charge on any atom is -0.485 e. The van der Waals surface area contributed by atoms with Gasteiger partial charge in [-0.2, -0.15) is 0 Å². The summed E-state index contributed by atoms with van der Waals surface area (Å²) in [5.74, 6) is 0.357. The molecule has 2 N–H and O–H groups in total. The molecular weight excluding hydrogens is 332 g/mol. The van der Waals surface area contributed by atoms with Gasteiger partial charge in [0.15, 0.2) is 11.5 Å². The van der Waals surface area contributed by atoms with E-state index in [1.807, 2.05) is 6.07 Å². The minimum absolute atomic E-state index is 0.0989. The summed E-state index contributed by atoms with van der Waals surface area (Å²) in [7, 11) is 0. The minimum atomic E-state index is -0.789. The van der Waals surface area contributed by atoms with Crippen LogP contribution < -0.4 is 20.1 Å². The second kappa shape index (κ2) is 7.23. The average molecular weight is 347 g/mol. The maximum absolute atomic E-state index is 12.1. The highest BCUT2D eigenvalue weighted by Gasteiger charge is 2.27. The SMILES string of the molecule is O=C(CNC(=O)[C@H]1COc2ccccc2O1)Nc1ccc(Cl)cc1. The monoisotopic (exact) mass is 346 g/mol. The summed E-state index contributed by atoms with van der Waals surface area (Å²) in [5.41, 5.74) is 0.602. The van der Waals surface area contributed by atoms with E-state index in [1.54, 1.807) is 42.5 Å². The maximum Gasteiger partial charge on any atom is 0.265 e. The standard InChI is InChI=1S/C17H15ClN2O4/c18-11-5-7-12(8-6-11)20-16(21)9-19-17(22)15-10-23-13-3-1-2-4-14(13)24-15/h1-8,15H,9-10H2,(H,19,22)(H,20,21)/t15-/m1/s1. The van der Waals surface area contributed by atoms with Crippen LogP contribution in [0.15, 0.2) is 48.5 Å². The van der Waals surface area contributed by atoms with E-state index >= 15 is 0 Å². The fourth-order valence-electron chi connectivity index (χ4n) is 2.17. The van der Waals surface area contributed by atoms with Gasteiger partial charge < -0.3 is 20.1 Å². The summed E-state index contributed by atoms with van der Waals surface area (Å²) in [5, 5.41) is 5.77. The van der Waals surface area contributed by atoms with Crippen molar-refractivity contribution in [2.75, 3.05) is 18.5 Å². The first-order valence-corrected chi connectivity index (χ1v) is 7.71. The Kier molecular flexibility index (Phi) is 4.86. The van der Waals surface area contributed by atoms with Gasteiger partial charge in [0.2, 0.25) is 12.0 Å². The van der Waals surface area contributed by atoms with Gasteiger partial charge in [-0.1, -0.05) is 23.7 Å². The number of para-hydroxylation sites is 2. The molecule has 7 heteroatoms. The Balaban J connectivity index is 1.49. The Labute approximate surface area is 143 Å². The van der Waals surface area contributed by atoms with E-state index in [1.165, 1.54) is 0 Å². The molecule has 0 saturated carbocycles. The molecule has 124 valence electrons. The van der Waals surface area contributed by atoms with Crippen LogP contribution in [0.1, 0.15) is 0 Å². The van der Waals surface area contributed by atoms with Crippen LogP contribution in [0.25, 0.3) is 0 Å². The van der Waals surface area contributed by atoms with E-state index < -0.39 is 12.0 Å². The van der Waals surface area contributed by atoms with Gasteiger partial charge in [-0.3, -0.25) is 9.59 Å². The largest absolute Gasteiger partial charge is 0.485 e. The van der Waals surface area contributed by atoms with Crippen LogP contribution >= 0.6 is 11.6 Å². The van der Waals surface area contributed by atoms with Gasteiger partial charge in [-0.15, -0.1) is 0 Å². The quantitative estimate of drug-likeness (QED) is 0.890. The summed E-state index contributed by atoms with van der Waals surface area (Å²) >= 11 is 5.78. The zero-order valence-electron chi connectivity index (χ0n) is 12.6. The van der Waals surface area contributed by atoms with Crippen molar-refractivity contribution >= 4 is 29.1 Å². The summed E-state index contributed by atoms with van der Waals surface area (Å²) in [6.07, 6.45) is -0.789. The van der Waals surface area contributed by atoms with Crippen molar-refractivity contribution in [3.05, 3.63) is 53.6 Å². The average Bonchev–Trinajstić information content (AvgIpc) is 2.61. The lowest BCUT2D eigenvalue weighted by Crippen LogP contribution is -2.46. The highest BCUT2D eigenvalue weighted by Crippen LogP contribution is 2.30. The molecule has 0 aliphatic carbocycles. The highest BCUT2D eigenvalue weighted by molar-refractivity contribution is 6.30. The molecule has 0 aromatic heterocycles. The van der Waals surface area contributed by atoms with Crippen molar-refractivity contribution in [1.29, 1.82) is 0 Å². The predicted octanol–water partition coefficient (Wildman–Crippen LogP) is 2.23. The van der Waals surface area contributed by atoms with E-state index in [2.05, 4.69) is 10.6 Å². The molecule has 1 aliphatic heterocycles. The molecule has 1 aliphatic rings. The molecule has 0 radical (unpaired) electrons. The van der Waals surface area contributed by atoms with Crippen LogP contribution in [0.2, 0.25) is 5.02 Å². The third-order valence-corrected chi connectivity index (χ3v) is 3.60. The molecule has 2 amide bonds. The second-order valence-electron chi connectivity index (χ2n) is 5.14. The molecule has 6 nitrogen and oxygen atoms in total. The number of carbonyl (C=O) groups excluding carboxylic acids is 2. The lowest BCUT2D eigenvalue weighted by Gasteiger charge is -2.25. The molecule has 0 bridgehead atoms. The summed E-state index contributed by atoms with van der Waals surface area (Å²) in [4.78, 5) is 23.9. The van der Waals surface area contributed by atoms with Gasteiger partial charge in [0.05, 0.1) is 6.54 Å². The fraction of sp³-hybridized carbons (Fsp3) is 0.176. The van der Waals surface area contributed by atoms with E-state index in [9.17, 15) is 9.59 Å². The van der Waals surface area contributed by atoms with Crippen molar-refractivity contribution < 1.29 is 19.1 Å². The first-order valence-electron chi connectivity index (χ1n) is 7.33. The Morgan fingerprint density at radius 3 is 2.54 bits per heavy atom. The van der Waals surface area contributed by atoms with Crippen molar-refractivity contribution in [1.82, 2.24) is 5.32 Å². The molecule has 0 spiro atoms. The molecule has 0 fully saturated rings. The summed E-state index contributed by atoms with van der Waals surface area (Å²) in [6.45, 7) is -0.0649. The number of halogens is 1. The predicted molar refractivity (Wildman–Crippen MR) is 89.4 cm³/mol. The molecule has 1 heterocycles. The first kappa shape index (κ1) is 16.1. The number of carbonyl (C=O) groups is 2. The molecular formula is C17H15ClN2O4. The third-order valence-electron chi connectivity index (χ3n) is 3.35. The van der Waals surface area contributed by atoms with Crippen molar-refractivity contribution in [3.8, 4) is 11.5 Å². The molecule has 24 heavy (non-hydrogen) atoms. The smallest absolute Gasteiger partial charge is 0.265 e. The zero-order valence-corrected chi connectivity index (χ0v) is 13.4. The number of hydrogen-bond acceptors (Lipinski definition) is 4. The van der Waals surface area contributed by atoms with Gasteiger partial charge in [-0.25, -0.2) is 0 Å². The Hall–Kier alpha value is -2.73. The van der Waals surface area contributed by atoms with E-state index in [-0.39, 0.29) is 19.1 Å². The number of hydrogen-bond donors (Lipinski definition) is 2. The molecule has 3 rings (SSSR count). The van der Waals surface area contributed by atoms with Crippen LogP contribution in [0.3, 0.4) is 0 Å².